The molecule has 0 atom stereocenters. The van der Waals surface area contributed by atoms with Crippen molar-refractivity contribution in [2.45, 2.75) is 6.54 Å². The Morgan fingerprint density at radius 3 is 2.59 bits per heavy atom. The highest BCUT2D eigenvalue weighted by Crippen LogP contribution is 2.15. The second kappa shape index (κ2) is 6.40. The van der Waals surface area contributed by atoms with E-state index < -0.39 is 0 Å². The van der Waals surface area contributed by atoms with Gasteiger partial charge in [0.15, 0.2) is 5.82 Å². The summed E-state index contributed by atoms with van der Waals surface area (Å²) in [6.07, 6.45) is 3.45. The molecule has 0 aliphatic rings. The lowest BCUT2D eigenvalue weighted by Crippen LogP contribution is -2.15. The van der Waals surface area contributed by atoms with Crippen LogP contribution in [0.4, 0.5) is 0 Å². The fourth-order valence-corrected chi connectivity index (χ4v) is 2.25. The van der Waals surface area contributed by atoms with Crippen LogP contribution in [0.3, 0.4) is 0 Å². The number of H-pyrrole nitrogens is 1. The number of nitrogens with one attached hydrogen (secondary N) is 2. The summed E-state index contributed by atoms with van der Waals surface area (Å²) >= 11 is 5.27. The van der Waals surface area contributed by atoms with Crippen LogP contribution in [0.2, 0.25) is 0 Å². The number of hydrogen-bond acceptors (Lipinski definition) is 5. The Hall–Kier alpha value is -2.67. The zero-order valence-corrected chi connectivity index (χ0v) is 12.8. The van der Waals surface area contributed by atoms with E-state index in [1.807, 2.05) is 36.4 Å². The molecular formula is C15H15N5OS. The molecule has 1 aromatic carbocycles. The van der Waals surface area contributed by atoms with Crippen molar-refractivity contribution < 1.29 is 4.74 Å². The summed E-state index contributed by atoms with van der Waals surface area (Å²) in [6, 6.07) is 11.6. The second-order valence-electron chi connectivity index (χ2n) is 4.61. The average Bonchev–Trinajstić information content (AvgIpc) is 2.95. The molecule has 0 saturated carbocycles. The fourth-order valence-electron chi connectivity index (χ4n) is 2.05. The van der Waals surface area contributed by atoms with E-state index in [0.717, 1.165) is 22.7 Å². The molecule has 0 radical (unpaired) electrons. The molecule has 112 valence electrons. The first-order valence-corrected chi connectivity index (χ1v) is 7.13. The normalized spacial score (nSPS) is 10.4. The molecule has 2 N–H and O–H groups in total. The SMILES string of the molecule is COc1ccc(CNn2c(-c3ccncc3)n[nH]c2=S)cc1. The molecule has 6 nitrogen and oxygen atoms in total. The highest BCUT2D eigenvalue weighted by molar-refractivity contribution is 7.71. The molecule has 3 aromatic rings. The molecule has 0 fully saturated rings. The fraction of sp³-hybridized carbons (Fsp3) is 0.133. The first-order chi connectivity index (χ1) is 10.8. The highest BCUT2D eigenvalue weighted by Gasteiger charge is 2.08. The van der Waals surface area contributed by atoms with E-state index in [9.17, 15) is 0 Å². The molecule has 0 bridgehead atoms. The van der Waals surface area contributed by atoms with Crippen molar-refractivity contribution in [1.29, 1.82) is 0 Å². The molecule has 0 aliphatic carbocycles. The van der Waals surface area contributed by atoms with Gasteiger partial charge in [-0.25, -0.2) is 9.77 Å². The summed E-state index contributed by atoms with van der Waals surface area (Å²) in [6.45, 7) is 0.621. The van der Waals surface area contributed by atoms with Crippen LogP contribution in [-0.2, 0) is 6.54 Å². The first kappa shape index (κ1) is 14.3. The maximum Gasteiger partial charge on any atom is 0.214 e. The first-order valence-electron chi connectivity index (χ1n) is 6.72. The zero-order valence-electron chi connectivity index (χ0n) is 12.0. The van der Waals surface area contributed by atoms with Crippen LogP contribution >= 0.6 is 12.2 Å². The van der Waals surface area contributed by atoms with Crippen LogP contribution in [0.15, 0.2) is 48.8 Å². The number of aromatic amines is 1. The average molecular weight is 313 g/mol. The van der Waals surface area contributed by atoms with E-state index in [4.69, 9.17) is 17.0 Å². The molecule has 0 spiro atoms. The summed E-state index contributed by atoms with van der Waals surface area (Å²) in [7, 11) is 1.65. The Balaban J connectivity index is 1.80. The van der Waals surface area contributed by atoms with Crippen LogP contribution in [0.25, 0.3) is 11.4 Å². The van der Waals surface area contributed by atoms with Gasteiger partial charge in [-0.05, 0) is 42.0 Å². The quantitative estimate of drug-likeness (QED) is 0.709. The monoisotopic (exact) mass is 313 g/mol. The molecule has 0 amide bonds. The van der Waals surface area contributed by atoms with Crippen LogP contribution in [0.5, 0.6) is 5.75 Å². The van der Waals surface area contributed by atoms with E-state index >= 15 is 0 Å². The van der Waals surface area contributed by atoms with Gasteiger partial charge in [-0.2, -0.15) is 5.10 Å². The summed E-state index contributed by atoms with van der Waals surface area (Å²) in [5.41, 5.74) is 5.32. The van der Waals surface area contributed by atoms with Gasteiger partial charge in [0.1, 0.15) is 5.75 Å². The topological polar surface area (TPSA) is 67.8 Å². The third kappa shape index (κ3) is 2.99. The summed E-state index contributed by atoms with van der Waals surface area (Å²) in [4.78, 5) is 4.01. The van der Waals surface area contributed by atoms with Gasteiger partial charge in [0.05, 0.1) is 13.7 Å². The third-order valence-corrected chi connectivity index (χ3v) is 3.49. The summed E-state index contributed by atoms with van der Waals surface area (Å²) < 4.78 is 7.43. The number of benzene rings is 1. The van der Waals surface area contributed by atoms with Crippen molar-refractivity contribution in [3.8, 4) is 17.1 Å². The molecule has 0 unspecified atom stereocenters. The van der Waals surface area contributed by atoms with Gasteiger partial charge in [0, 0.05) is 18.0 Å². The zero-order chi connectivity index (χ0) is 15.4. The van der Waals surface area contributed by atoms with Crippen molar-refractivity contribution >= 4 is 12.2 Å². The Bertz CT molecular complexity index is 795. The van der Waals surface area contributed by atoms with Crippen molar-refractivity contribution in [3.05, 3.63) is 59.1 Å². The summed E-state index contributed by atoms with van der Waals surface area (Å²) in [5.74, 6) is 1.56. The van der Waals surface area contributed by atoms with E-state index in [1.54, 1.807) is 24.2 Å². The molecular weight excluding hydrogens is 298 g/mol. The molecule has 2 aromatic heterocycles. The maximum atomic E-state index is 5.27. The lowest BCUT2D eigenvalue weighted by molar-refractivity contribution is 0.414. The Labute approximate surface area is 132 Å². The van der Waals surface area contributed by atoms with E-state index in [2.05, 4.69) is 20.6 Å². The van der Waals surface area contributed by atoms with E-state index in [-0.39, 0.29) is 0 Å². The molecule has 0 aliphatic heterocycles. The number of methoxy groups -OCH3 is 1. The molecule has 0 saturated heterocycles. The number of aromatic nitrogens is 4. The van der Waals surface area contributed by atoms with E-state index in [0.29, 0.717) is 11.3 Å². The van der Waals surface area contributed by atoms with Gasteiger partial charge in [-0.15, -0.1) is 0 Å². The minimum absolute atomic E-state index is 0.514. The Morgan fingerprint density at radius 2 is 1.91 bits per heavy atom. The third-order valence-electron chi connectivity index (χ3n) is 3.21. The number of rotatable bonds is 5. The lowest BCUT2D eigenvalue weighted by Gasteiger charge is -2.10. The van der Waals surface area contributed by atoms with Crippen molar-refractivity contribution in [1.82, 2.24) is 19.9 Å². The van der Waals surface area contributed by atoms with Gasteiger partial charge in [0.25, 0.3) is 0 Å². The minimum atomic E-state index is 0.514. The predicted molar refractivity (Wildman–Crippen MR) is 86.7 cm³/mol. The molecule has 22 heavy (non-hydrogen) atoms. The predicted octanol–water partition coefficient (Wildman–Crippen LogP) is 2.75. The number of hydrogen-bond donors (Lipinski definition) is 2. The van der Waals surface area contributed by atoms with Crippen LogP contribution < -0.4 is 10.2 Å². The Morgan fingerprint density at radius 1 is 1.18 bits per heavy atom. The molecule has 7 heteroatoms. The van der Waals surface area contributed by atoms with Gasteiger partial charge < -0.3 is 10.2 Å². The van der Waals surface area contributed by atoms with Crippen molar-refractivity contribution in [2.75, 3.05) is 12.5 Å². The summed E-state index contributed by atoms with van der Waals surface area (Å²) in [5, 5.41) is 7.06. The second-order valence-corrected chi connectivity index (χ2v) is 4.99. The van der Waals surface area contributed by atoms with Crippen LogP contribution in [0.1, 0.15) is 5.56 Å². The van der Waals surface area contributed by atoms with Gasteiger partial charge >= 0.3 is 0 Å². The highest BCUT2D eigenvalue weighted by atomic mass is 32.1. The van der Waals surface area contributed by atoms with Crippen molar-refractivity contribution in [2.24, 2.45) is 0 Å². The number of ether oxygens (including phenoxy) is 1. The van der Waals surface area contributed by atoms with Crippen molar-refractivity contribution in [3.63, 3.8) is 0 Å². The largest absolute Gasteiger partial charge is 0.497 e. The van der Waals surface area contributed by atoms with Gasteiger partial charge in [0.2, 0.25) is 4.77 Å². The minimum Gasteiger partial charge on any atom is -0.497 e. The van der Waals surface area contributed by atoms with Crippen LogP contribution in [-0.4, -0.2) is 27.0 Å². The standard InChI is InChI=1S/C15H15N5OS/c1-21-13-4-2-11(3-5-13)10-17-20-14(18-19-15(20)22)12-6-8-16-9-7-12/h2-9,17H,10H2,1H3,(H,19,22). The number of pyridine rings is 1. The van der Waals surface area contributed by atoms with Crippen LogP contribution in [0, 0.1) is 4.77 Å². The number of nitrogens with zero attached hydrogens (tertiary/aromatic N) is 3. The Kier molecular flexibility index (Phi) is 4.15. The van der Waals surface area contributed by atoms with Gasteiger partial charge in [-0.1, -0.05) is 12.1 Å². The smallest absolute Gasteiger partial charge is 0.214 e. The molecule has 3 rings (SSSR count). The lowest BCUT2D eigenvalue weighted by atomic mass is 10.2. The maximum absolute atomic E-state index is 5.27. The van der Waals surface area contributed by atoms with Gasteiger partial charge in [-0.3, -0.25) is 4.98 Å². The van der Waals surface area contributed by atoms with E-state index in [1.165, 1.54) is 0 Å². The molecule has 2 heterocycles.